The number of carbonyl (C=O) groups excluding carboxylic acids is 1. The summed E-state index contributed by atoms with van der Waals surface area (Å²) in [6.07, 6.45) is 1.80. The lowest BCUT2D eigenvalue weighted by atomic mass is 10.1. The fraction of sp³-hybridized carbons (Fsp3) is 0.154. The fourth-order valence-electron chi connectivity index (χ4n) is 3.33. The zero-order valence-electron chi connectivity index (χ0n) is 18.0. The summed E-state index contributed by atoms with van der Waals surface area (Å²) in [5, 5.41) is 0. The molecule has 4 nitrogen and oxygen atoms in total. The molecule has 1 fully saturated rings. The van der Waals surface area contributed by atoms with E-state index in [2.05, 4.69) is 0 Å². The van der Waals surface area contributed by atoms with Crippen LogP contribution in [0.1, 0.15) is 23.6 Å². The molecule has 0 N–H and O–H groups in total. The molecule has 1 saturated heterocycles. The van der Waals surface area contributed by atoms with Crippen LogP contribution in [0.4, 0.5) is 4.39 Å². The smallest absolute Gasteiger partial charge is 0.266 e. The summed E-state index contributed by atoms with van der Waals surface area (Å²) >= 11 is 6.73. The van der Waals surface area contributed by atoms with Crippen LogP contribution in [-0.2, 0) is 17.9 Å². The van der Waals surface area contributed by atoms with E-state index in [9.17, 15) is 9.18 Å². The molecule has 4 rings (SSSR count). The summed E-state index contributed by atoms with van der Waals surface area (Å²) in [7, 11) is 0. The molecule has 0 aliphatic carbocycles. The Balaban J connectivity index is 1.51. The molecule has 1 heterocycles. The van der Waals surface area contributed by atoms with Crippen LogP contribution in [0.25, 0.3) is 6.08 Å². The average molecular weight is 480 g/mol. The second-order valence-corrected chi connectivity index (χ2v) is 8.95. The van der Waals surface area contributed by atoms with E-state index in [-0.39, 0.29) is 18.3 Å². The molecule has 3 aromatic carbocycles. The van der Waals surface area contributed by atoms with Gasteiger partial charge < -0.3 is 9.47 Å². The minimum atomic E-state index is -0.315. The number of benzene rings is 3. The van der Waals surface area contributed by atoms with Crippen LogP contribution in [0.15, 0.2) is 77.7 Å². The number of ether oxygens (including phenoxy) is 2. The van der Waals surface area contributed by atoms with Crippen LogP contribution in [0.5, 0.6) is 11.5 Å². The van der Waals surface area contributed by atoms with Crippen molar-refractivity contribution in [1.82, 2.24) is 4.90 Å². The van der Waals surface area contributed by atoms with Gasteiger partial charge in [-0.15, -0.1) is 0 Å². The maximum atomic E-state index is 13.9. The summed E-state index contributed by atoms with van der Waals surface area (Å²) in [6.45, 7) is 2.85. The van der Waals surface area contributed by atoms with Crippen LogP contribution < -0.4 is 9.47 Å². The first-order valence-electron chi connectivity index (χ1n) is 10.5. The highest BCUT2D eigenvalue weighted by Gasteiger charge is 2.32. The van der Waals surface area contributed by atoms with E-state index < -0.39 is 0 Å². The van der Waals surface area contributed by atoms with E-state index in [4.69, 9.17) is 21.7 Å². The van der Waals surface area contributed by atoms with E-state index in [1.165, 1.54) is 17.8 Å². The molecular weight excluding hydrogens is 457 g/mol. The number of halogens is 1. The molecule has 1 aliphatic rings. The van der Waals surface area contributed by atoms with Gasteiger partial charge >= 0.3 is 0 Å². The number of thioether (sulfide) groups is 1. The molecule has 33 heavy (non-hydrogen) atoms. The maximum absolute atomic E-state index is 13.9. The van der Waals surface area contributed by atoms with Crippen LogP contribution >= 0.6 is 24.0 Å². The molecule has 7 heteroatoms. The first-order chi connectivity index (χ1) is 16.0. The third kappa shape index (κ3) is 5.61. The van der Waals surface area contributed by atoms with E-state index >= 15 is 0 Å². The minimum absolute atomic E-state index is 0.0875. The van der Waals surface area contributed by atoms with Gasteiger partial charge in [-0.3, -0.25) is 9.69 Å². The molecule has 0 atom stereocenters. The van der Waals surface area contributed by atoms with E-state index in [1.54, 1.807) is 35.2 Å². The van der Waals surface area contributed by atoms with Crippen molar-refractivity contribution in [1.29, 1.82) is 0 Å². The monoisotopic (exact) mass is 479 g/mol. The van der Waals surface area contributed by atoms with Crippen molar-refractivity contribution in [2.75, 3.05) is 6.61 Å². The molecular formula is C26H22FNO3S2. The molecule has 0 aromatic heterocycles. The maximum Gasteiger partial charge on any atom is 0.266 e. The molecule has 0 spiro atoms. The van der Waals surface area contributed by atoms with Crippen molar-refractivity contribution in [2.45, 2.75) is 20.1 Å². The highest BCUT2D eigenvalue weighted by Crippen LogP contribution is 2.36. The topological polar surface area (TPSA) is 38.8 Å². The number of nitrogens with zero attached hydrogens (tertiary/aromatic N) is 1. The van der Waals surface area contributed by atoms with Crippen molar-refractivity contribution >= 4 is 40.3 Å². The van der Waals surface area contributed by atoms with Crippen LogP contribution in [-0.4, -0.2) is 21.7 Å². The second kappa shape index (κ2) is 10.6. The lowest BCUT2D eigenvalue weighted by Gasteiger charge is -2.14. The summed E-state index contributed by atoms with van der Waals surface area (Å²) in [5.74, 6) is 0.604. The number of rotatable bonds is 8. The molecule has 168 valence electrons. The average Bonchev–Trinajstić information content (AvgIpc) is 3.08. The Kier molecular flexibility index (Phi) is 7.42. The number of carbonyl (C=O) groups is 1. The normalized spacial score (nSPS) is 14.7. The van der Waals surface area contributed by atoms with Crippen LogP contribution in [0.2, 0.25) is 0 Å². The number of thiocarbonyl (C=S) groups is 1. The van der Waals surface area contributed by atoms with Gasteiger partial charge in [-0.25, -0.2) is 4.39 Å². The van der Waals surface area contributed by atoms with Gasteiger partial charge in [-0.1, -0.05) is 78.6 Å². The molecule has 0 radical (unpaired) electrons. The Morgan fingerprint density at radius 1 is 1.00 bits per heavy atom. The van der Waals surface area contributed by atoms with Crippen molar-refractivity contribution in [3.05, 3.63) is 100 Å². The standard InChI is InChI=1S/C26H22FNO3S2/c1-2-30-23-14-19(12-13-22(23)31-17-20-10-6-7-11-21(20)27)15-24-25(29)28(26(32)33-24)16-18-8-4-3-5-9-18/h3-15H,2,16-17H2,1H3/b24-15-. The van der Waals surface area contributed by atoms with Crippen molar-refractivity contribution < 1.29 is 18.7 Å². The Bertz CT molecular complexity index is 1200. The summed E-state index contributed by atoms with van der Waals surface area (Å²) in [4.78, 5) is 15.1. The second-order valence-electron chi connectivity index (χ2n) is 7.27. The zero-order valence-corrected chi connectivity index (χ0v) is 19.6. The third-order valence-corrected chi connectivity index (χ3v) is 6.34. The van der Waals surface area contributed by atoms with Gasteiger partial charge in [0, 0.05) is 5.56 Å². The highest BCUT2D eigenvalue weighted by atomic mass is 32.2. The number of amides is 1. The third-order valence-electron chi connectivity index (χ3n) is 4.96. The van der Waals surface area contributed by atoms with Gasteiger partial charge in [0.1, 0.15) is 16.7 Å². The molecule has 0 unspecified atom stereocenters. The van der Waals surface area contributed by atoms with Crippen molar-refractivity contribution in [2.24, 2.45) is 0 Å². The first kappa shape index (κ1) is 23.0. The Morgan fingerprint density at radius 3 is 2.52 bits per heavy atom. The minimum Gasteiger partial charge on any atom is -0.490 e. The van der Waals surface area contributed by atoms with E-state index in [0.29, 0.717) is 39.4 Å². The molecule has 0 bridgehead atoms. The first-order valence-corrected chi connectivity index (χ1v) is 11.7. The fourth-order valence-corrected chi connectivity index (χ4v) is 4.58. The molecule has 1 aliphatic heterocycles. The Labute approximate surface area is 202 Å². The predicted octanol–water partition coefficient (Wildman–Crippen LogP) is 6.20. The van der Waals surface area contributed by atoms with E-state index in [0.717, 1.165) is 11.1 Å². The quantitative estimate of drug-likeness (QED) is 0.284. The van der Waals surface area contributed by atoms with Gasteiger partial charge in [0.25, 0.3) is 5.91 Å². The molecule has 0 saturated carbocycles. The van der Waals surface area contributed by atoms with Gasteiger partial charge in [-0.05, 0) is 42.3 Å². The predicted molar refractivity (Wildman–Crippen MR) is 134 cm³/mol. The molecule has 1 amide bonds. The summed E-state index contributed by atoms with van der Waals surface area (Å²) in [6, 6.07) is 21.7. The summed E-state index contributed by atoms with van der Waals surface area (Å²) < 4.78 is 26.0. The van der Waals surface area contributed by atoms with Gasteiger partial charge in [0.15, 0.2) is 11.5 Å². The van der Waals surface area contributed by atoms with Crippen molar-refractivity contribution in [3.63, 3.8) is 0 Å². The lowest BCUT2D eigenvalue weighted by Crippen LogP contribution is -2.27. The van der Waals surface area contributed by atoms with Gasteiger partial charge in [0.2, 0.25) is 0 Å². The van der Waals surface area contributed by atoms with E-state index in [1.807, 2.05) is 49.4 Å². The van der Waals surface area contributed by atoms with Gasteiger partial charge in [-0.2, -0.15) is 0 Å². The number of hydrogen-bond acceptors (Lipinski definition) is 5. The van der Waals surface area contributed by atoms with Crippen LogP contribution in [0, 0.1) is 5.82 Å². The lowest BCUT2D eigenvalue weighted by molar-refractivity contribution is -0.122. The summed E-state index contributed by atoms with van der Waals surface area (Å²) in [5.41, 5.74) is 2.27. The Morgan fingerprint density at radius 2 is 1.76 bits per heavy atom. The SMILES string of the molecule is CCOc1cc(/C=C2\SC(=S)N(Cc3ccccc3)C2=O)ccc1OCc1ccccc1F. The van der Waals surface area contributed by atoms with Gasteiger partial charge in [0.05, 0.1) is 18.1 Å². The van der Waals surface area contributed by atoms with Crippen LogP contribution in [0.3, 0.4) is 0 Å². The number of hydrogen-bond donors (Lipinski definition) is 0. The zero-order chi connectivity index (χ0) is 23.2. The van der Waals surface area contributed by atoms with Crippen molar-refractivity contribution in [3.8, 4) is 11.5 Å². The highest BCUT2D eigenvalue weighted by molar-refractivity contribution is 8.26. The largest absolute Gasteiger partial charge is 0.490 e. The Hall–Kier alpha value is -3.16. The molecule has 3 aromatic rings.